The first-order valence-electron chi connectivity index (χ1n) is 16.2. The van der Waals surface area contributed by atoms with E-state index < -0.39 is 41.7 Å². The van der Waals surface area contributed by atoms with Gasteiger partial charge in [-0.05, 0) is 24.7 Å². The molecule has 0 saturated heterocycles. The number of allylic oxidation sites excluding steroid dienone is 8. The van der Waals surface area contributed by atoms with Crippen LogP contribution in [0.1, 0.15) is 36.8 Å². The Labute approximate surface area is 313 Å². The van der Waals surface area contributed by atoms with Crippen LogP contribution in [-0.4, -0.2) is 0 Å². The number of benzene rings is 2. The Bertz CT molecular complexity index is 1390. The summed E-state index contributed by atoms with van der Waals surface area (Å²) >= 11 is -1.65. The maximum absolute atomic E-state index is 4.93. The molecular formula is C40H40Cl4Zr2. The van der Waals surface area contributed by atoms with Gasteiger partial charge < -0.3 is 12.8 Å². The zero-order valence-corrected chi connectivity index (χ0v) is 33.9. The molecule has 6 unspecified atom stereocenters. The number of rotatable bonds is 6. The van der Waals surface area contributed by atoms with E-state index in [0.29, 0.717) is 0 Å². The number of hydrogen-bond acceptors (Lipinski definition) is 0. The molecule has 46 heavy (non-hydrogen) atoms. The van der Waals surface area contributed by atoms with Crippen LogP contribution in [0.2, 0.25) is 0 Å². The van der Waals surface area contributed by atoms with Crippen molar-refractivity contribution in [2.24, 2.45) is 35.5 Å². The SMILES string of the molecule is C1=CC2[CH-]C(CCC3[CH-]C4C=CC=CC4C3)CC2C=C1.[Cl][Zr+2][Cl].[Cl][Zr+2][Cl].c1ccc2[cH-]c(CCc3cc4ccccc4[cH-]3)cc2c1. The van der Waals surface area contributed by atoms with Gasteiger partial charge in [0.2, 0.25) is 0 Å². The molecule has 4 aliphatic rings. The molecule has 0 heterocycles. The standard InChI is InChI=1S/C20H24.C20H16.4ClH.2Zr/c2*1-2-6-18-12-15(11-17(18)5-1)9-10-16-13-19-7-3-4-8-20(19)14-16;;;;;;/h1-8,11,13,15-20H,9-10,12,14H2;1-8,11-14H,9-10H2;4*1H;;/q2*-2;;;;;2*+4/p-4. The fraction of sp³-hybridized carbons (Fsp3) is 0.300. The van der Waals surface area contributed by atoms with Crippen LogP contribution in [0, 0.1) is 48.3 Å². The predicted molar refractivity (Wildman–Crippen MR) is 194 cm³/mol. The molecule has 0 radical (unpaired) electrons. The second-order valence-electron chi connectivity index (χ2n) is 12.6. The third-order valence-corrected chi connectivity index (χ3v) is 9.70. The Hall–Kier alpha value is -0.454. The summed E-state index contributed by atoms with van der Waals surface area (Å²) < 4.78 is 0. The van der Waals surface area contributed by atoms with Gasteiger partial charge in [-0.2, -0.15) is 24.0 Å². The molecular weight excluding hydrogens is 805 g/mol. The van der Waals surface area contributed by atoms with Crippen LogP contribution >= 0.6 is 34.1 Å². The number of aryl methyl sites for hydroxylation is 2. The van der Waals surface area contributed by atoms with Crippen LogP contribution in [0.15, 0.2) is 121 Å². The van der Waals surface area contributed by atoms with Crippen LogP contribution in [0.3, 0.4) is 0 Å². The summed E-state index contributed by atoms with van der Waals surface area (Å²) in [6, 6.07) is 26.5. The summed E-state index contributed by atoms with van der Waals surface area (Å²) in [6.07, 6.45) is 31.5. The average molecular weight is 845 g/mol. The Kier molecular flexibility index (Phi) is 15.7. The zero-order valence-electron chi connectivity index (χ0n) is 25.9. The smallest absolute Gasteiger partial charge is 0.0433 e. The Morgan fingerprint density at radius 2 is 0.957 bits per heavy atom. The second-order valence-corrected chi connectivity index (χ2v) is 20.1. The average Bonchev–Trinajstić information content (AvgIpc) is 3.87. The molecule has 4 aromatic carbocycles. The first kappa shape index (κ1) is 36.8. The van der Waals surface area contributed by atoms with E-state index in [0.717, 1.165) is 48.3 Å². The van der Waals surface area contributed by atoms with Gasteiger partial charge in [-0.1, -0.05) is 74.3 Å². The quantitative estimate of drug-likeness (QED) is 0.170. The van der Waals surface area contributed by atoms with Crippen molar-refractivity contribution < 1.29 is 41.7 Å². The van der Waals surface area contributed by atoms with Gasteiger partial charge in [-0.3, -0.25) is 0 Å². The number of halogens is 4. The molecule has 0 bridgehead atoms. The van der Waals surface area contributed by atoms with Gasteiger partial charge in [0.05, 0.1) is 0 Å². The van der Waals surface area contributed by atoms with Gasteiger partial charge in [0, 0.05) is 0 Å². The summed E-state index contributed by atoms with van der Waals surface area (Å²) in [6.45, 7) is 0. The minimum atomic E-state index is -0.826. The molecule has 0 N–H and O–H groups in total. The van der Waals surface area contributed by atoms with Crippen LogP contribution in [0.5, 0.6) is 0 Å². The molecule has 0 aromatic heterocycles. The molecule has 6 atom stereocenters. The van der Waals surface area contributed by atoms with E-state index in [4.69, 9.17) is 34.1 Å². The molecule has 2 saturated carbocycles. The van der Waals surface area contributed by atoms with E-state index in [1.165, 1.54) is 58.4 Å². The van der Waals surface area contributed by atoms with Gasteiger partial charge >= 0.3 is 75.7 Å². The van der Waals surface area contributed by atoms with Gasteiger partial charge in [-0.15, -0.1) is 105 Å². The topological polar surface area (TPSA) is 0 Å². The maximum Gasteiger partial charge on any atom is -0.0433 e. The Morgan fingerprint density at radius 1 is 0.565 bits per heavy atom. The van der Waals surface area contributed by atoms with Crippen LogP contribution in [-0.2, 0) is 54.5 Å². The van der Waals surface area contributed by atoms with Gasteiger partial charge in [0.1, 0.15) is 0 Å². The third kappa shape index (κ3) is 10.8. The molecule has 0 amide bonds. The van der Waals surface area contributed by atoms with Crippen LogP contribution < -0.4 is 0 Å². The normalized spacial score (nSPS) is 24.9. The minimum absolute atomic E-state index is 0.728. The van der Waals surface area contributed by atoms with Crippen LogP contribution in [0.25, 0.3) is 21.5 Å². The van der Waals surface area contributed by atoms with E-state index in [9.17, 15) is 0 Å². The number of fused-ring (bicyclic) bond motifs is 4. The zero-order chi connectivity index (χ0) is 32.1. The summed E-state index contributed by atoms with van der Waals surface area (Å²) in [7, 11) is 19.7. The molecule has 4 aromatic rings. The van der Waals surface area contributed by atoms with E-state index in [1.807, 2.05) is 0 Å². The molecule has 236 valence electrons. The van der Waals surface area contributed by atoms with E-state index in [2.05, 4.69) is 134 Å². The largest absolute Gasteiger partial charge is 0.165 e. The van der Waals surface area contributed by atoms with Gasteiger partial charge in [0.25, 0.3) is 0 Å². The van der Waals surface area contributed by atoms with Crippen molar-refractivity contribution in [2.75, 3.05) is 0 Å². The van der Waals surface area contributed by atoms with Crippen molar-refractivity contribution in [3.8, 4) is 0 Å². The number of hydrogen-bond donors (Lipinski definition) is 0. The fourth-order valence-corrected chi connectivity index (χ4v) is 7.57. The molecule has 0 spiro atoms. The van der Waals surface area contributed by atoms with Crippen molar-refractivity contribution in [1.82, 2.24) is 0 Å². The van der Waals surface area contributed by atoms with Crippen molar-refractivity contribution >= 4 is 55.6 Å². The van der Waals surface area contributed by atoms with E-state index in [1.54, 1.807) is 0 Å². The van der Waals surface area contributed by atoms with Crippen molar-refractivity contribution in [1.29, 1.82) is 0 Å². The molecule has 4 aliphatic carbocycles. The van der Waals surface area contributed by atoms with E-state index >= 15 is 0 Å². The minimum Gasteiger partial charge on any atom is -0.165 e. The van der Waals surface area contributed by atoms with Crippen molar-refractivity contribution in [2.45, 2.75) is 38.5 Å². The first-order chi connectivity index (χ1) is 22.6. The molecule has 0 aliphatic heterocycles. The summed E-state index contributed by atoms with van der Waals surface area (Å²) in [4.78, 5) is 0. The Morgan fingerprint density at radius 3 is 1.35 bits per heavy atom. The third-order valence-electron chi connectivity index (χ3n) is 9.70. The van der Waals surface area contributed by atoms with Crippen molar-refractivity contribution in [3.63, 3.8) is 0 Å². The molecule has 0 nitrogen and oxygen atoms in total. The summed E-state index contributed by atoms with van der Waals surface area (Å²) in [5, 5.41) is 5.43. The van der Waals surface area contributed by atoms with E-state index in [-0.39, 0.29) is 0 Å². The Balaban J connectivity index is 0.000000155. The summed E-state index contributed by atoms with van der Waals surface area (Å²) in [5.74, 6) is 4.74. The second kappa shape index (κ2) is 19.7. The van der Waals surface area contributed by atoms with Gasteiger partial charge in [-0.25, -0.2) is 0 Å². The van der Waals surface area contributed by atoms with Crippen LogP contribution in [0.4, 0.5) is 0 Å². The molecule has 8 rings (SSSR count). The monoisotopic (exact) mass is 840 g/mol. The molecule has 2 fully saturated rings. The van der Waals surface area contributed by atoms with Gasteiger partial charge in [0.15, 0.2) is 0 Å². The van der Waals surface area contributed by atoms with Crippen molar-refractivity contribution in [3.05, 3.63) is 145 Å². The predicted octanol–water partition coefficient (Wildman–Crippen LogP) is 12.9. The maximum atomic E-state index is 4.93. The molecule has 6 heteroatoms. The fourth-order valence-electron chi connectivity index (χ4n) is 7.57. The first-order valence-corrected chi connectivity index (χ1v) is 28.9. The summed E-state index contributed by atoms with van der Waals surface area (Å²) in [5.41, 5.74) is 2.88.